The van der Waals surface area contributed by atoms with E-state index in [9.17, 15) is 4.79 Å². The molecule has 0 spiro atoms. The third kappa shape index (κ3) is 2.28. The van der Waals surface area contributed by atoms with Gasteiger partial charge in [-0.1, -0.05) is 18.2 Å². The molecule has 0 saturated carbocycles. The number of ether oxygens (including phenoxy) is 1. The highest BCUT2D eigenvalue weighted by Crippen LogP contribution is 2.30. The Kier molecular flexibility index (Phi) is 3.67. The molecule has 2 rings (SSSR count). The van der Waals surface area contributed by atoms with Gasteiger partial charge in [0.1, 0.15) is 6.04 Å². The Balaban J connectivity index is 2.26. The average molecular weight is 233 g/mol. The maximum atomic E-state index is 11.9. The average Bonchev–Trinajstić information content (AvgIpc) is 2.37. The first-order valence-electron chi connectivity index (χ1n) is 6.29. The van der Waals surface area contributed by atoms with Crippen molar-refractivity contribution in [1.82, 2.24) is 0 Å². The third-order valence-corrected chi connectivity index (χ3v) is 3.26. The lowest BCUT2D eigenvalue weighted by Gasteiger charge is -2.36. The van der Waals surface area contributed by atoms with Crippen LogP contribution in [0.25, 0.3) is 0 Å². The van der Waals surface area contributed by atoms with Crippen LogP contribution in [-0.4, -0.2) is 25.2 Å². The molecule has 0 saturated heterocycles. The normalized spacial score (nSPS) is 18.7. The Morgan fingerprint density at radius 2 is 2.18 bits per heavy atom. The first-order valence-corrected chi connectivity index (χ1v) is 6.29. The number of hydrogen-bond donors (Lipinski definition) is 0. The minimum atomic E-state index is -0.116. The molecule has 1 atom stereocenters. The van der Waals surface area contributed by atoms with Crippen LogP contribution in [0.3, 0.4) is 0 Å². The van der Waals surface area contributed by atoms with Crippen LogP contribution >= 0.6 is 0 Å². The van der Waals surface area contributed by atoms with Crippen molar-refractivity contribution in [3.63, 3.8) is 0 Å². The van der Waals surface area contributed by atoms with E-state index in [0.29, 0.717) is 6.61 Å². The zero-order valence-electron chi connectivity index (χ0n) is 10.5. The molecule has 3 heteroatoms. The molecule has 0 fully saturated rings. The summed E-state index contributed by atoms with van der Waals surface area (Å²) < 4.78 is 5.15. The third-order valence-electron chi connectivity index (χ3n) is 3.26. The number of carbonyl (C=O) groups is 1. The predicted molar refractivity (Wildman–Crippen MR) is 68.2 cm³/mol. The zero-order valence-corrected chi connectivity index (χ0v) is 10.5. The van der Waals surface area contributed by atoms with Crippen molar-refractivity contribution >= 4 is 11.7 Å². The monoisotopic (exact) mass is 233 g/mol. The van der Waals surface area contributed by atoms with Crippen molar-refractivity contribution in [2.24, 2.45) is 0 Å². The number of aryl methyl sites for hydroxylation is 1. The first-order chi connectivity index (χ1) is 8.27. The van der Waals surface area contributed by atoms with Gasteiger partial charge >= 0.3 is 5.97 Å². The molecule has 1 aromatic rings. The van der Waals surface area contributed by atoms with Crippen molar-refractivity contribution in [1.29, 1.82) is 0 Å². The summed E-state index contributed by atoms with van der Waals surface area (Å²) in [6, 6.07) is 8.19. The zero-order chi connectivity index (χ0) is 12.3. The molecule has 0 amide bonds. The quantitative estimate of drug-likeness (QED) is 0.751. The van der Waals surface area contributed by atoms with E-state index in [1.807, 2.05) is 13.0 Å². The summed E-state index contributed by atoms with van der Waals surface area (Å²) in [5.41, 5.74) is 2.51. The van der Waals surface area contributed by atoms with E-state index in [2.05, 4.69) is 30.0 Å². The second kappa shape index (κ2) is 5.21. The number of hydrogen-bond acceptors (Lipinski definition) is 3. The Labute approximate surface area is 102 Å². The minimum Gasteiger partial charge on any atom is -0.464 e. The maximum Gasteiger partial charge on any atom is 0.328 e. The second-order valence-electron chi connectivity index (χ2n) is 4.22. The molecule has 1 aliphatic rings. The molecular formula is C14H19NO2. The highest BCUT2D eigenvalue weighted by molar-refractivity contribution is 5.81. The Morgan fingerprint density at radius 1 is 1.41 bits per heavy atom. The van der Waals surface area contributed by atoms with E-state index in [0.717, 1.165) is 19.4 Å². The molecule has 1 aromatic carbocycles. The molecule has 92 valence electrons. The van der Waals surface area contributed by atoms with Gasteiger partial charge in [-0.2, -0.15) is 0 Å². The van der Waals surface area contributed by atoms with Crippen LogP contribution < -0.4 is 4.90 Å². The summed E-state index contributed by atoms with van der Waals surface area (Å²) >= 11 is 0. The van der Waals surface area contributed by atoms with Crippen molar-refractivity contribution < 1.29 is 9.53 Å². The smallest absolute Gasteiger partial charge is 0.328 e. The number of fused-ring (bicyclic) bond motifs is 1. The second-order valence-corrected chi connectivity index (χ2v) is 4.22. The number of carbonyl (C=O) groups excluding carboxylic acids is 1. The van der Waals surface area contributed by atoms with Gasteiger partial charge in [-0.25, -0.2) is 4.79 Å². The summed E-state index contributed by atoms with van der Waals surface area (Å²) in [5.74, 6) is -0.0937. The number of esters is 1. The summed E-state index contributed by atoms with van der Waals surface area (Å²) in [4.78, 5) is 14.1. The fraction of sp³-hybridized carbons (Fsp3) is 0.500. The van der Waals surface area contributed by atoms with Crippen molar-refractivity contribution in [2.45, 2.75) is 32.7 Å². The lowest BCUT2D eigenvalue weighted by molar-refractivity contribution is -0.145. The van der Waals surface area contributed by atoms with E-state index in [1.165, 1.54) is 11.3 Å². The van der Waals surface area contributed by atoms with Crippen LogP contribution in [0.5, 0.6) is 0 Å². The number of nitrogens with zero attached hydrogens (tertiary/aromatic N) is 1. The number of benzene rings is 1. The minimum absolute atomic E-state index is 0.0937. The Morgan fingerprint density at radius 3 is 2.88 bits per heavy atom. The van der Waals surface area contributed by atoms with Gasteiger partial charge in [0.25, 0.3) is 0 Å². The molecule has 0 aromatic heterocycles. The van der Waals surface area contributed by atoms with Crippen LogP contribution in [0.15, 0.2) is 24.3 Å². The number of likely N-dealkylation sites (N-methyl/N-ethyl adjacent to an activating group) is 1. The van der Waals surface area contributed by atoms with E-state index in [4.69, 9.17) is 4.74 Å². The van der Waals surface area contributed by atoms with E-state index < -0.39 is 0 Å². The first kappa shape index (κ1) is 12.0. The van der Waals surface area contributed by atoms with Gasteiger partial charge in [0.15, 0.2) is 0 Å². The van der Waals surface area contributed by atoms with Gasteiger partial charge in [0, 0.05) is 12.2 Å². The molecule has 0 bridgehead atoms. The fourth-order valence-corrected chi connectivity index (χ4v) is 2.49. The van der Waals surface area contributed by atoms with Gasteiger partial charge < -0.3 is 9.64 Å². The molecule has 0 N–H and O–H groups in total. The van der Waals surface area contributed by atoms with Gasteiger partial charge in [0.2, 0.25) is 0 Å². The van der Waals surface area contributed by atoms with Crippen LogP contribution in [0.1, 0.15) is 25.8 Å². The van der Waals surface area contributed by atoms with Gasteiger partial charge in [-0.05, 0) is 38.3 Å². The van der Waals surface area contributed by atoms with E-state index in [-0.39, 0.29) is 12.0 Å². The topological polar surface area (TPSA) is 29.5 Å². The Hall–Kier alpha value is -1.51. The summed E-state index contributed by atoms with van der Waals surface area (Å²) in [7, 11) is 0. The van der Waals surface area contributed by atoms with E-state index >= 15 is 0 Å². The molecule has 1 aliphatic heterocycles. The SMILES string of the molecule is CCOC(=O)C1CCc2ccccc2N1CC. The number of anilines is 1. The van der Waals surface area contributed by atoms with Gasteiger partial charge in [-0.15, -0.1) is 0 Å². The molecule has 0 aliphatic carbocycles. The van der Waals surface area contributed by atoms with Crippen LogP contribution in [0, 0.1) is 0 Å². The van der Waals surface area contributed by atoms with Crippen molar-refractivity contribution in [3.05, 3.63) is 29.8 Å². The maximum absolute atomic E-state index is 11.9. The predicted octanol–water partition coefficient (Wildman–Crippen LogP) is 2.39. The van der Waals surface area contributed by atoms with Crippen LogP contribution in [0.4, 0.5) is 5.69 Å². The largest absolute Gasteiger partial charge is 0.464 e. The lowest BCUT2D eigenvalue weighted by Crippen LogP contribution is -2.45. The molecule has 1 heterocycles. The van der Waals surface area contributed by atoms with E-state index in [1.54, 1.807) is 0 Å². The van der Waals surface area contributed by atoms with Gasteiger partial charge in [-0.3, -0.25) is 0 Å². The number of rotatable bonds is 3. The molecular weight excluding hydrogens is 214 g/mol. The summed E-state index contributed by atoms with van der Waals surface area (Å²) in [5, 5.41) is 0. The molecule has 3 nitrogen and oxygen atoms in total. The Bertz CT molecular complexity index is 403. The van der Waals surface area contributed by atoms with Crippen molar-refractivity contribution in [2.75, 3.05) is 18.1 Å². The fourth-order valence-electron chi connectivity index (χ4n) is 2.49. The van der Waals surface area contributed by atoms with Crippen molar-refractivity contribution in [3.8, 4) is 0 Å². The standard InChI is InChI=1S/C14H19NO2/c1-3-15-12-8-6-5-7-11(12)9-10-13(15)14(16)17-4-2/h5-8,13H,3-4,9-10H2,1-2H3. The number of para-hydroxylation sites is 1. The lowest BCUT2D eigenvalue weighted by atomic mass is 9.96. The molecule has 0 radical (unpaired) electrons. The highest BCUT2D eigenvalue weighted by Gasteiger charge is 2.31. The molecule has 17 heavy (non-hydrogen) atoms. The van der Waals surface area contributed by atoms with Crippen LogP contribution in [0.2, 0.25) is 0 Å². The summed E-state index contributed by atoms with van der Waals surface area (Å²) in [6.07, 6.45) is 1.81. The summed E-state index contributed by atoms with van der Waals surface area (Å²) in [6.45, 7) is 5.22. The van der Waals surface area contributed by atoms with Crippen LogP contribution in [-0.2, 0) is 16.0 Å². The highest BCUT2D eigenvalue weighted by atomic mass is 16.5. The molecule has 1 unspecified atom stereocenters. The van der Waals surface area contributed by atoms with Gasteiger partial charge in [0.05, 0.1) is 6.61 Å².